The van der Waals surface area contributed by atoms with Crippen LogP contribution in [0.25, 0.3) is 10.1 Å². The zero-order chi connectivity index (χ0) is 15.0. The van der Waals surface area contributed by atoms with Gasteiger partial charge in [0.1, 0.15) is 4.88 Å². The normalized spacial score (nSPS) is 15.9. The van der Waals surface area contributed by atoms with Crippen molar-refractivity contribution in [2.24, 2.45) is 0 Å². The van der Waals surface area contributed by atoms with E-state index >= 15 is 0 Å². The number of nitrogens with two attached hydrogens (primary N) is 1. The second-order valence-electron chi connectivity index (χ2n) is 4.88. The number of hydrogen-bond acceptors (Lipinski definition) is 4. The average Bonchev–Trinajstić information content (AvgIpc) is 2.64. The molecule has 5 nitrogen and oxygen atoms in total. The van der Waals surface area contributed by atoms with Crippen molar-refractivity contribution in [2.75, 3.05) is 25.4 Å². The van der Waals surface area contributed by atoms with Crippen LogP contribution in [0.3, 0.4) is 0 Å². The van der Waals surface area contributed by atoms with Crippen molar-refractivity contribution in [1.29, 1.82) is 0 Å². The molecule has 0 aliphatic carbocycles. The Morgan fingerprint density at radius 1 is 1.38 bits per heavy atom. The summed E-state index contributed by atoms with van der Waals surface area (Å²) in [6.07, 6.45) is 0.335. The van der Waals surface area contributed by atoms with Crippen LogP contribution >= 0.6 is 27.3 Å². The highest BCUT2D eigenvalue weighted by atomic mass is 79.9. The monoisotopic (exact) mass is 367 g/mol. The first-order chi connectivity index (χ1) is 10.1. The predicted molar refractivity (Wildman–Crippen MR) is 87.5 cm³/mol. The van der Waals surface area contributed by atoms with Crippen LogP contribution in [0.15, 0.2) is 22.7 Å². The van der Waals surface area contributed by atoms with Gasteiger partial charge in [0.05, 0.1) is 5.69 Å². The maximum absolute atomic E-state index is 12.6. The molecule has 7 heteroatoms. The van der Waals surface area contributed by atoms with Gasteiger partial charge in [0.25, 0.3) is 5.91 Å². The van der Waals surface area contributed by atoms with Gasteiger partial charge in [0.2, 0.25) is 5.91 Å². The second-order valence-corrected chi connectivity index (χ2v) is 6.85. The third-order valence-corrected chi connectivity index (χ3v) is 5.15. The summed E-state index contributed by atoms with van der Waals surface area (Å²) in [5.74, 6) is -0.111. The predicted octanol–water partition coefficient (Wildman–Crippen LogP) is 2.21. The van der Waals surface area contributed by atoms with Gasteiger partial charge >= 0.3 is 0 Å². The molecular formula is C14H14BrN3O2S. The van der Waals surface area contributed by atoms with Crippen LogP contribution in [-0.4, -0.2) is 36.3 Å². The van der Waals surface area contributed by atoms with Crippen molar-refractivity contribution < 1.29 is 9.59 Å². The van der Waals surface area contributed by atoms with Crippen LogP contribution in [0, 0.1) is 0 Å². The van der Waals surface area contributed by atoms with Crippen LogP contribution in [0.4, 0.5) is 5.69 Å². The van der Waals surface area contributed by atoms with E-state index in [1.165, 1.54) is 11.3 Å². The summed E-state index contributed by atoms with van der Waals surface area (Å²) in [5, 5.41) is 3.65. The number of nitrogen functional groups attached to an aromatic ring is 1. The number of benzene rings is 1. The lowest BCUT2D eigenvalue weighted by atomic mass is 10.2. The van der Waals surface area contributed by atoms with Gasteiger partial charge in [-0.05, 0) is 18.2 Å². The van der Waals surface area contributed by atoms with Gasteiger partial charge in [0.15, 0.2) is 0 Å². The van der Waals surface area contributed by atoms with Gasteiger partial charge in [-0.25, -0.2) is 0 Å². The summed E-state index contributed by atoms with van der Waals surface area (Å²) in [7, 11) is 0. The molecule has 2 heterocycles. The fourth-order valence-corrected chi connectivity index (χ4v) is 3.79. The Morgan fingerprint density at radius 3 is 3.00 bits per heavy atom. The number of fused-ring (bicyclic) bond motifs is 1. The molecule has 0 spiro atoms. The molecule has 0 unspecified atom stereocenters. The van der Waals surface area contributed by atoms with E-state index in [4.69, 9.17) is 5.73 Å². The van der Waals surface area contributed by atoms with Crippen LogP contribution in [0.2, 0.25) is 0 Å². The fraction of sp³-hybridized carbons (Fsp3) is 0.286. The molecule has 3 N–H and O–H groups in total. The summed E-state index contributed by atoms with van der Waals surface area (Å²) in [5.41, 5.74) is 6.66. The van der Waals surface area contributed by atoms with Crippen molar-refractivity contribution in [3.05, 3.63) is 27.5 Å². The SMILES string of the molecule is Nc1c(C(=O)N2CCNC(=O)CC2)sc2ccc(Br)cc12. The Balaban J connectivity index is 1.94. The molecule has 0 bridgehead atoms. The van der Waals surface area contributed by atoms with Crippen LogP contribution in [0.5, 0.6) is 0 Å². The lowest BCUT2D eigenvalue weighted by Gasteiger charge is -2.18. The number of rotatable bonds is 1. The summed E-state index contributed by atoms with van der Waals surface area (Å²) in [4.78, 5) is 26.2. The fourth-order valence-electron chi connectivity index (χ4n) is 2.36. The third-order valence-electron chi connectivity index (χ3n) is 3.48. The van der Waals surface area contributed by atoms with Crippen LogP contribution in [-0.2, 0) is 4.79 Å². The van der Waals surface area contributed by atoms with E-state index < -0.39 is 0 Å². The number of nitrogens with one attached hydrogen (secondary N) is 1. The Kier molecular flexibility index (Phi) is 3.86. The third kappa shape index (κ3) is 2.75. The number of amides is 2. The Bertz CT molecular complexity index is 728. The molecule has 1 aliphatic rings. The summed E-state index contributed by atoms with van der Waals surface area (Å²) in [6.45, 7) is 1.44. The van der Waals surface area contributed by atoms with Gasteiger partial charge in [-0.2, -0.15) is 0 Å². The number of nitrogens with zero attached hydrogens (tertiary/aromatic N) is 1. The van der Waals surface area contributed by atoms with Gasteiger partial charge < -0.3 is 16.0 Å². The average molecular weight is 368 g/mol. The quantitative estimate of drug-likeness (QED) is 0.811. The lowest BCUT2D eigenvalue weighted by Crippen LogP contribution is -2.34. The van der Waals surface area contributed by atoms with Crippen molar-refractivity contribution >= 4 is 54.9 Å². The molecule has 21 heavy (non-hydrogen) atoms. The maximum Gasteiger partial charge on any atom is 0.266 e. The van der Waals surface area contributed by atoms with E-state index in [0.29, 0.717) is 36.6 Å². The lowest BCUT2D eigenvalue weighted by molar-refractivity contribution is -0.120. The molecule has 1 aromatic heterocycles. The molecule has 1 saturated heterocycles. The highest BCUT2D eigenvalue weighted by Crippen LogP contribution is 2.36. The molecule has 0 atom stereocenters. The smallest absolute Gasteiger partial charge is 0.266 e. The van der Waals surface area contributed by atoms with Crippen molar-refractivity contribution in [2.45, 2.75) is 6.42 Å². The Hall–Kier alpha value is -1.60. The first-order valence-electron chi connectivity index (χ1n) is 6.60. The number of halogens is 1. The largest absolute Gasteiger partial charge is 0.397 e. The molecule has 110 valence electrons. The molecule has 1 aromatic carbocycles. The number of anilines is 1. The highest BCUT2D eigenvalue weighted by molar-refractivity contribution is 9.10. The Morgan fingerprint density at radius 2 is 2.19 bits per heavy atom. The number of carbonyl (C=O) groups is 2. The summed E-state index contributed by atoms with van der Waals surface area (Å²) >= 11 is 4.81. The van der Waals surface area contributed by atoms with Crippen molar-refractivity contribution in [1.82, 2.24) is 10.2 Å². The van der Waals surface area contributed by atoms with Gasteiger partial charge in [0, 0.05) is 40.6 Å². The minimum absolute atomic E-state index is 0.0152. The highest BCUT2D eigenvalue weighted by Gasteiger charge is 2.24. The number of thiophene rings is 1. The van der Waals surface area contributed by atoms with Gasteiger partial charge in [-0.3, -0.25) is 9.59 Å². The van der Waals surface area contributed by atoms with Crippen molar-refractivity contribution in [3.63, 3.8) is 0 Å². The molecule has 2 aromatic rings. The van der Waals surface area contributed by atoms with E-state index in [2.05, 4.69) is 21.2 Å². The van der Waals surface area contributed by atoms with Gasteiger partial charge in [-0.1, -0.05) is 15.9 Å². The van der Waals surface area contributed by atoms with E-state index in [1.54, 1.807) is 4.90 Å². The van der Waals surface area contributed by atoms with E-state index in [0.717, 1.165) is 14.6 Å². The molecule has 1 fully saturated rings. The summed E-state index contributed by atoms with van der Waals surface area (Å²) < 4.78 is 1.92. The standard InChI is InChI=1S/C14H14BrN3O2S/c15-8-1-2-10-9(7-8)12(16)13(21-10)14(20)18-5-3-11(19)17-4-6-18/h1-2,7H,3-6,16H2,(H,17,19). The zero-order valence-electron chi connectivity index (χ0n) is 11.2. The zero-order valence-corrected chi connectivity index (χ0v) is 13.6. The number of hydrogen-bond donors (Lipinski definition) is 2. The van der Waals surface area contributed by atoms with E-state index in [-0.39, 0.29) is 11.8 Å². The Labute approximate surface area is 134 Å². The first kappa shape index (κ1) is 14.3. The molecular weight excluding hydrogens is 354 g/mol. The minimum Gasteiger partial charge on any atom is -0.397 e. The first-order valence-corrected chi connectivity index (χ1v) is 8.20. The van der Waals surface area contributed by atoms with E-state index in [9.17, 15) is 9.59 Å². The molecule has 3 rings (SSSR count). The topological polar surface area (TPSA) is 75.4 Å². The molecule has 0 radical (unpaired) electrons. The van der Waals surface area contributed by atoms with Crippen molar-refractivity contribution in [3.8, 4) is 0 Å². The minimum atomic E-state index is -0.0960. The summed E-state index contributed by atoms with van der Waals surface area (Å²) in [6, 6.07) is 5.80. The number of carbonyl (C=O) groups excluding carboxylic acids is 2. The van der Waals surface area contributed by atoms with Gasteiger partial charge in [-0.15, -0.1) is 11.3 Å². The molecule has 0 saturated carbocycles. The maximum atomic E-state index is 12.6. The van der Waals surface area contributed by atoms with Crippen LogP contribution in [0.1, 0.15) is 16.1 Å². The van der Waals surface area contributed by atoms with E-state index in [1.807, 2.05) is 18.2 Å². The molecule has 2 amide bonds. The molecule has 1 aliphatic heterocycles. The van der Waals surface area contributed by atoms with Crippen LogP contribution < -0.4 is 11.1 Å². The second kappa shape index (κ2) is 5.65.